The van der Waals surface area contributed by atoms with Crippen molar-refractivity contribution in [1.82, 2.24) is 4.90 Å². The van der Waals surface area contributed by atoms with Crippen LogP contribution < -0.4 is 5.73 Å². The Morgan fingerprint density at radius 3 is 1.89 bits per heavy atom. The smallest absolute Gasteiger partial charge is 0.235 e. The molecule has 0 aromatic rings. The van der Waals surface area contributed by atoms with Crippen LogP contribution in [0.15, 0.2) is 0 Å². The van der Waals surface area contributed by atoms with Gasteiger partial charge in [-0.05, 0) is 24.7 Å². The average Bonchev–Trinajstić information content (AvgIpc) is 2.76. The molecule has 110 valence electrons. The van der Waals surface area contributed by atoms with Crippen molar-refractivity contribution in [3.63, 3.8) is 0 Å². The fourth-order valence-corrected chi connectivity index (χ4v) is 3.26. The van der Waals surface area contributed by atoms with Crippen LogP contribution in [-0.2, 0) is 4.79 Å². The van der Waals surface area contributed by atoms with Crippen molar-refractivity contribution in [2.75, 3.05) is 13.1 Å². The number of rotatable bonds is 6. The first kappa shape index (κ1) is 16.4. The summed E-state index contributed by atoms with van der Waals surface area (Å²) in [4.78, 5) is 15.3. The summed E-state index contributed by atoms with van der Waals surface area (Å²) in [7, 11) is 0. The molecule has 1 aliphatic carbocycles. The van der Waals surface area contributed by atoms with Gasteiger partial charge in [0.25, 0.3) is 0 Å². The molecule has 0 aliphatic heterocycles. The number of hydrogen-bond acceptors (Lipinski definition) is 2. The molecule has 0 heterocycles. The van der Waals surface area contributed by atoms with E-state index in [1.807, 2.05) is 4.90 Å². The number of carbonyl (C=O) groups excluding carboxylic acids is 1. The second-order valence-electron chi connectivity index (χ2n) is 6.65. The van der Waals surface area contributed by atoms with Gasteiger partial charge in [-0.25, -0.2) is 0 Å². The molecule has 0 radical (unpaired) electrons. The van der Waals surface area contributed by atoms with Gasteiger partial charge in [-0.15, -0.1) is 0 Å². The van der Waals surface area contributed by atoms with Gasteiger partial charge in [-0.1, -0.05) is 52.8 Å². The highest BCUT2D eigenvalue weighted by Gasteiger charge is 2.46. The summed E-state index contributed by atoms with van der Waals surface area (Å²) in [5.74, 6) is 1.10. The predicted octanol–water partition coefficient (Wildman–Crippen LogP) is 2.97. The lowest BCUT2D eigenvalue weighted by molar-refractivity contribution is -0.139. The topological polar surface area (TPSA) is 46.3 Å². The van der Waals surface area contributed by atoms with Crippen LogP contribution in [0.4, 0.5) is 0 Å². The summed E-state index contributed by atoms with van der Waals surface area (Å²) in [6, 6.07) is 0. The van der Waals surface area contributed by atoms with Crippen LogP contribution in [0.25, 0.3) is 0 Å². The maximum Gasteiger partial charge on any atom is 0.235 e. The Bertz CT molecular complexity index is 323. The molecule has 1 aliphatic rings. The van der Waals surface area contributed by atoms with Crippen LogP contribution in [0.1, 0.15) is 53.4 Å². The van der Waals surface area contributed by atoms with Gasteiger partial charge < -0.3 is 10.6 Å². The van der Waals surface area contributed by atoms with E-state index in [4.69, 9.17) is 18.0 Å². The van der Waals surface area contributed by atoms with Crippen molar-refractivity contribution in [2.45, 2.75) is 53.4 Å². The Hall–Kier alpha value is -0.640. The lowest BCUT2D eigenvalue weighted by Crippen LogP contribution is -2.51. The van der Waals surface area contributed by atoms with E-state index >= 15 is 0 Å². The van der Waals surface area contributed by atoms with Crippen molar-refractivity contribution in [3.8, 4) is 0 Å². The zero-order valence-electron chi connectivity index (χ0n) is 12.7. The minimum Gasteiger partial charge on any atom is -0.392 e. The molecule has 0 unspecified atom stereocenters. The predicted molar refractivity (Wildman–Crippen MR) is 83.9 cm³/mol. The molecule has 0 aromatic heterocycles. The van der Waals surface area contributed by atoms with E-state index in [1.165, 1.54) is 0 Å². The van der Waals surface area contributed by atoms with E-state index in [-0.39, 0.29) is 5.91 Å². The summed E-state index contributed by atoms with van der Waals surface area (Å²) in [5.41, 5.74) is 5.36. The molecule has 19 heavy (non-hydrogen) atoms. The fourth-order valence-electron chi connectivity index (χ4n) is 2.97. The third-order valence-corrected chi connectivity index (χ3v) is 4.19. The van der Waals surface area contributed by atoms with E-state index in [2.05, 4.69) is 27.7 Å². The minimum atomic E-state index is -0.556. The first-order chi connectivity index (χ1) is 8.79. The molecule has 0 bridgehead atoms. The number of carbonyl (C=O) groups is 1. The molecule has 0 spiro atoms. The Morgan fingerprint density at radius 1 is 1.16 bits per heavy atom. The van der Waals surface area contributed by atoms with Crippen molar-refractivity contribution in [3.05, 3.63) is 0 Å². The van der Waals surface area contributed by atoms with Crippen LogP contribution in [0.5, 0.6) is 0 Å². The lowest BCUT2D eigenvalue weighted by atomic mass is 9.84. The Kier molecular flexibility index (Phi) is 5.78. The van der Waals surface area contributed by atoms with Crippen molar-refractivity contribution >= 4 is 23.1 Å². The molecule has 1 saturated carbocycles. The summed E-state index contributed by atoms with van der Waals surface area (Å²) in [5, 5.41) is 0. The van der Waals surface area contributed by atoms with Crippen molar-refractivity contribution in [2.24, 2.45) is 23.0 Å². The maximum atomic E-state index is 12.9. The van der Waals surface area contributed by atoms with Gasteiger partial charge in [0.15, 0.2) is 0 Å². The normalized spacial score (nSPS) is 18.0. The van der Waals surface area contributed by atoms with Gasteiger partial charge >= 0.3 is 0 Å². The monoisotopic (exact) mass is 284 g/mol. The van der Waals surface area contributed by atoms with Crippen molar-refractivity contribution < 1.29 is 4.79 Å². The lowest BCUT2D eigenvalue weighted by Gasteiger charge is -2.35. The zero-order chi connectivity index (χ0) is 14.6. The minimum absolute atomic E-state index is 0.167. The summed E-state index contributed by atoms with van der Waals surface area (Å²) >= 11 is 5.22. The second-order valence-corrected chi connectivity index (χ2v) is 7.09. The van der Waals surface area contributed by atoms with E-state index in [9.17, 15) is 4.79 Å². The summed E-state index contributed by atoms with van der Waals surface area (Å²) < 4.78 is 0. The first-order valence-corrected chi connectivity index (χ1v) is 7.79. The van der Waals surface area contributed by atoms with Gasteiger partial charge in [0.2, 0.25) is 5.91 Å². The molecule has 0 saturated heterocycles. The van der Waals surface area contributed by atoms with Gasteiger partial charge in [0, 0.05) is 13.1 Å². The van der Waals surface area contributed by atoms with E-state index in [1.54, 1.807) is 0 Å². The molecule has 1 rings (SSSR count). The highest BCUT2D eigenvalue weighted by Crippen LogP contribution is 2.40. The van der Waals surface area contributed by atoms with Crippen LogP contribution >= 0.6 is 12.2 Å². The zero-order valence-corrected chi connectivity index (χ0v) is 13.6. The molecule has 0 aromatic carbocycles. The fraction of sp³-hybridized carbons (Fsp3) is 0.867. The average molecular weight is 284 g/mol. The number of hydrogen-bond donors (Lipinski definition) is 1. The highest BCUT2D eigenvalue weighted by molar-refractivity contribution is 7.80. The van der Waals surface area contributed by atoms with Crippen LogP contribution in [0.3, 0.4) is 0 Å². The van der Waals surface area contributed by atoms with Crippen LogP contribution in [0.2, 0.25) is 0 Å². The van der Waals surface area contributed by atoms with Gasteiger partial charge in [0.1, 0.15) is 0 Å². The summed E-state index contributed by atoms with van der Waals surface area (Å²) in [6.45, 7) is 10.2. The third-order valence-electron chi connectivity index (χ3n) is 3.80. The van der Waals surface area contributed by atoms with Gasteiger partial charge in [-0.3, -0.25) is 4.79 Å². The Balaban J connectivity index is 2.92. The van der Waals surface area contributed by atoms with Gasteiger partial charge in [-0.2, -0.15) is 0 Å². The molecule has 1 fully saturated rings. The molecule has 4 heteroatoms. The van der Waals surface area contributed by atoms with E-state index in [0.29, 0.717) is 16.8 Å². The van der Waals surface area contributed by atoms with E-state index in [0.717, 1.165) is 38.8 Å². The number of nitrogens with two attached hydrogens (primary N) is 1. The molecular formula is C15H28N2OS. The highest BCUT2D eigenvalue weighted by atomic mass is 32.1. The first-order valence-electron chi connectivity index (χ1n) is 7.39. The standard InChI is InChI=1S/C15H28N2OS/c1-11(2)9-17(10-12(3)4)14(18)15(13(16)19)7-5-6-8-15/h11-12H,5-10H2,1-4H3,(H2,16,19). The molecule has 0 atom stereocenters. The van der Waals surface area contributed by atoms with Crippen LogP contribution in [0, 0.1) is 17.3 Å². The number of nitrogens with zero attached hydrogens (tertiary/aromatic N) is 1. The molecule has 3 nitrogen and oxygen atoms in total. The SMILES string of the molecule is CC(C)CN(CC(C)C)C(=O)C1(C(N)=S)CCCC1. The molecule has 1 amide bonds. The maximum absolute atomic E-state index is 12.9. The van der Waals surface area contributed by atoms with Crippen molar-refractivity contribution in [1.29, 1.82) is 0 Å². The summed E-state index contributed by atoms with van der Waals surface area (Å²) in [6.07, 6.45) is 3.77. The quantitative estimate of drug-likeness (QED) is 0.763. The Morgan fingerprint density at radius 2 is 1.58 bits per heavy atom. The molecule has 2 N–H and O–H groups in total. The van der Waals surface area contributed by atoms with E-state index < -0.39 is 5.41 Å². The second kappa shape index (κ2) is 6.69. The Labute approximate surface area is 122 Å². The molecular weight excluding hydrogens is 256 g/mol. The van der Waals surface area contributed by atoms with Gasteiger partial charge in [0.05, 0.1) is 10.4 Å². The third kappa shape index (κ3) is 3.91. The largest absolute Gasteiger partial charge is 0.392 e. The van der Waals surface area contributed by atoms with Crippen LogP contribution in [-0.4, -0.2) is 28.9 Å². The number of amides is 1. The number of thiocarbonyl (C=S) groups is 1.